The molecular formula is C30H36FN3O6S. The van der Waals surface area contributed by atoms with Crippen molar-refractivity contribution in [2.75, 3.05) is 37.9 Å². The molecule has 1 atom stereocenters. The predicted molar refractivity (Wildman–Crippen MR) is 156 cm³/mol. The lowest BCUT2D eigenvalue weighted by Gasteiger charge is -2.33. The lowest BCUT2D eigenvalue weighted by atomic mass is 10.0. The molecule has 0 heterocycles. The molecule has 0 aliphatic heterocycles. The van der Waals surface area contributed by atoms with Gasteiger partial charge < -0.3 is 19.7 Å². The summed E-state index contributed by atoms with van der Waals surface area (Å²) < 4.78 is 52.2. The van der Waals surface area contributed by atoms with Crippen LogP contribution in [0.25, 0.3) is 0 Å². The topological polar surface area (TPSA) is 105 Å². The molecule has 3 aromatic rings. The Kier molecular flexibility index (Phi) is 11.1. The Morgan fingerprint density at radius 3 is 2.22 bits per heavy atom. The van der Waals surface area contributed by atoms with Gasteiger partial charge in [-0.25, -0.2) is 12.8 Å². The number of nitrogens with zero attached hydrogens (tertiary/aromatic N) is 2. The van der Waals surface area contributed by atoms with Gasteiger partial charge in [0.1, 0.15) is 18.4 Å². The minimum atomic E-state index is -3.98. The van der Waals surface area contributed by atoms with Gasteiger partial charge in [0.05, 0.1) is 26.2 Å². The fourth-order valence-corrected chi connectivity index (χ4v) is 5.17. The van der Waals surface area contributed by atoms with E-state index in [1.54, 1.807) is 6.07 Å². The average molecular weight is 586 g/mol. The first-order valence-corrected chi connectivity index (χ1v) is 15.0. The highest BCUT2D eigenvalue weighted by atomic mass is 32.2. The number of nitrogens with one attached hydrogen (secondary N) is 1. The number of halogens is 1. The molecule has 0 fully saturated rings. The molecule has 41 heavy (non-hydrogen) atoms. The van der Waals surface area contributed by atoms with Crippen molar-refractivity contribution in [1.29, 1.82) is 0 Å². The summed E-state index contributed by atoms with van der Waals surface area (Å²) in [6, 6.07) is 18.5. The van der Waals surface area contributed by atoms with Gasteiger partial charge in [-0.15, -0.1) is 0 Å². The lowest BCUT2D eigenvalue weighted by Crippen LogP contribution is -2.53. The highest BCUT2D eigenvalue weighted by Gasteiger charge is 2.33. The van der Waals surface area contributed by atoms with E-state index in [0.717, 1.165) is 16.1 Å². The van der Waals surface area contributed by atoms with E-state index < -0.39 is 40.2 Å². The third-order valence-electron chi connectivity index (χ3n) is 6.45. The molecule has 0 aliphatic rings. The number of hydrogen-bond acceptors (Lipinski definition) is 6. The van der Waals surface area contributed by atoms with Crippen molar-refractivity contribution < 1.29 is 31.9 Å². The SMILES string of the molecule is CCCNC(=O)[C@H](Cc1ccccc1)N(Cc1ccccc1F)C(=O)CN(c1ccc(OC)c(OC)c1)S(C)(=O)=O. The van der Waals surface area contributed by atoms with E-state index >= 15 is 0 Å². The molecule has 0 unspecified atom stereocenters. The van der Waals surface area contributed by atoms with E-state index in [2.05, 4.69) is 5.32 Å². The van der Waals surface area contributed by atoms with Crippen LogP contribution in [0.4, 0.5) is 10.1 Å². The summed E-state index contributed by atoms with van der Waals surface area (Å²) >= 11 is 0. The number of carbonyl (C=O) groups is 2. The van der Waals surface area contributed by atoms with Crippen LogP contribution in [0, 0.1) is 5.82 Å². The second kappa shape index (κ2) is 14.5. The largest absolute Gasteiger partial charge is 0.493 e. The average Bonchev–Trinajstić information content (AvgIpc) is 2.96. The number of carbonyl (C=O) groups excluding carboxylic acids is 2. The van der Waals surface area contributed by atoms with Crippen LogP contribution in [0.1, 0.15) is 24.5 Å². The molecule has 3 aromatic carbocycles. The monoisotopic (exact) mass is 585 g/mol. The van der Waals surface area contributed by atoms with Crippen LogP contribution >= 0.6 is 0 Å². The molecule has 220 valence electrons. The van der Waals surface area contributed by atoms with Gasteiger partial charge in [0.15, 0.2) is 11.5 Å². The fraction of sp³-hybridized carbons (Fsp3) is 0.333. The minimum absolute atomic E-state index is 0.145. The van der Waals surface area contributed by atoms with Crippen molar-refractivity contribution in [2.24, 2.45) is 0 Å². The maximum atomic E-state index is 14.8. The maximum absolute atomic E-state index is 14.8. The first-order valence-electron chi connectivity index (χ1n) is 13.1. The number of benzene rings is 3. The number of ether oxygens (including phenoxy) is 2. The van der Waals surface area contributed by atoms with Crippen molar-refractivity contribution in [3.8, 4) is 11.5 Å². The van der Waals surface area contributed by atoms with Crippen molar-refractivity contribution in [2.45, 2.75) is 32.4 Å². The molecule has 0 bridgehead atoms. The summed E-state index contributed by atoms with van der Waals surface area (Å²) in [4.78, 5) is 28.8. The Balaban J connectivity index is 2.07. The normalized spacial score (nSPS) is 11.8. The van der Waals surface area contributed by atoms with Gasteiger partial charge in [0, 0.05) is 31.1 Å². The molecule has 0 aromatic heterocycles. The van der Waals surface area contributed by atoms with E-state index in [0.29, 0.717) is 18.7 Å². The van der Waals surface area contributed by atoms with Gasteiger partial charge >= 0.3 is 0 Å². The quantitative estimate of drug-likeness (QED) is 0.309. The highest BCUT2D eigenvalue weighted by Crippen LogP contribution is 2.32. The maximum Gasteiger partial charge on any atom is 0.244 e. The van der Waals surface area contributed by atoms with Crippen molar-refractivity contribution in [3.63, 3.8) is 0 Å². The van der Waals surface area contributed by atoms with Crippen molar-refractivity contribution in [3.05, 3.63) is 89.7 Å². The molecule has 2 amide bonds. The molecule has 0 saturated carbocycles. The van der Waals surface area contributed by atoms with E-state index in [9.17, 15) is 22.4 Å². The molecule has 11 heteroatoms. The summed E-state index contributed by atoms with van der Waals surface area (Å²) in [5, 5.41) is 2.84. The van der Waals surface area contributed by atoms with Crippen LogP contribution in [0.2, 0.25) is 0 Å². The van der Waals surface area contributed by atoms with Gasteiger partial charge in [0.2, 0.25) is 21.8 Å². The summed E-state index contributed by atoms with van der Waals surface area (Å²) in [7, 11) is -1.11. The number of sulfonamides is 1. The summed E-state index contributed by atoms with van der Waals surface area (Å²) in [5.74, 6) is -0.987. The second-order valence-electron chi connectivity index (χ2n) is 9.42. The van der Waals surface area contributed by atoms with Gasteiger partial charge in [-0.3, -0.25) is 13.9 Å². The first kappa shape index (κ1) is 31.4. The Labute approximate surface area is 240 Å². The zero-order valence-electron chi connectivity index (χ0n) is 23.7. The Hall–Kier alpha value is -4.12. The summed E-state index contributed by atoms with van der Waals surface area (Å²) in [6.45, 7) is 1.41. The molecule has 0 saturated heterocycles. The molecule has 3 rings (SSSR count). The lowest BCUT2D eigenvalue weighted by molar-refractivity contribution is -0.140. The fourth-order valence-electron chi connectivity index (χ4n) is 4.32. The highest BCUT2D eigenvalue weighted by molar-refractivity contribution is 7.92. The summed E-state index contributed by atoms with van der Waals surface area (Å²) in [6.07, 6.45) is 1.80. The van der Waals surface area contributed by atoms with Gasteiger partial charge in [-0.2, -0.15) is 0 Å². The van der Waals surface area contributed by atoms with Gasteiger partial charge in [-0.1, -0.05) is 55.5 Å². The van der Waals surface area contributed by atoms with Crippen LogP contribution in [-0.4, -0.2) is 64.7 Å². The number of rotatable bonds is 14. The van der Waals surface area contributed by atoms with Crippen molar-refractivity contribution >= 4 is 27.5 Å². The van der Waals surface area contributed by atoms with Crippen LogP contribution in [0.15, 0.2) is 72.8 Å². The van der Waals surface area contributed by atoms with Crippen LogP contribution in [0.5, 0.6) is 11.5 Å². The Bertz CT molecular complexity index is 1440. The summed E-state index contributed by atoms with van der Waals surface area (Å²) in [5.41, 5.74) is 1.15. The van der Waals surface area contributed by atoms with E-state index in [1.165, 1.54) is 55.5 Å². The number of methoxy groups -OCH3 is 2. The molecule has 1 N–H and O–H groups in total. The van der Waals surface area contributed by atoms with Crippen LogP contribution in [0.3, 0.4) is 0 Å². The predicted octanol–water partition coefficient (Wildman–Crippen LogP) is 3.78. The van der Waals surface area contributed by atoms with Crippen LogP contribution < -0.4 is 19.1 Å². The van der Waals surface area contributed by atoms with E-state index in [4.69, 9.17) is 9.47 Å². The zero-order valence-corrected chi connectivity index (χ0v) is 24.5. The van der Waals surface area contributed by atoms with Gasteiger partial charge in [0.25, 0.3) is 0 Å². The molecule has 0 aliphatic carbocycles. The molecule has 9 nitrogen and oxygen atoms in total. The first-order chi connectivity index (χ1) is 19.6. The molecule has 0 spiro atoms. The van der Waals surface area contributed by atoms with Crippen molar-refractivity contribution in [1.82, 2.24) is 10.2 Å². The van der Waals surface area contributed by atoms with E-state index in [1.807, 2.05) is 37.3 Å². The standard InChI is InChI=1S/C30H36FN3O6S/c1-5-17-32-30(36)26(18-22-11-7-6-8-12-22)33(20-23-13-9-10-14-25(23)31)29(35)21-34(41(4,37)38)24-15-16-27(39-2)28(19-24)40-3/h6-16,19,26H,5,17-18,20-21H2,1-4H3,(H,32,36)/t26-/m0/s1. The second-order valence-corrected chi connectivity index (χ2v) is 11.3. The zero-order chi connectivity index (χ0) is 30.0. The van der Waals surface area contributed by atoms with E-state index in [-0.39, 0.29) is 30.0 Å². The number of anilines is 1. The Morgan fingerprint density at radius 1 is 0.951 bits per heavy atom. The number of amides is 2. The number of hydrogen-bond donors (Lipinski definition) is 1. The van der Waals surface area contributed by atoms with Gasteiger partial charge in [-0.05, 0) is 30.2 Å². The third kappa shape index (κ3) is 8.43. The third-order valence-corrected chi connectivity index (χ3v) is 7.59. The van der Waals surface area contributed by atoms with Crippen LogP contribution in [-0.2, 0) is 32.6 Å². The molecular weight excluding hydrogens is 549 g/mol. The Morgan fingerprint density at radius 2 is 1.61 bits per heavy atom. The molecule has 0 radical (unpaired) electrons. The smallest absolute Gasteiger partial charge is 0.244 e. The minimum Gasteiger partial charge on any atom is -0.493 e.